The van der Waals surface area contributed by atoms with Crippen LogP contribution in [-0.4, -0.2) is 40.6 Å². The van der Waals surface area contributed by atoms with Crippen molar-refractivity contribution in [2.45, 2.75) is 93.9 Å². The molecule has 0 radical (unpaired) electrons. The van der Waals surface area contributed by atoms with Gasteiger partial charge in [-0.2, -0.15) is 0 Å². The summed E-state index contributed by atoms with van der Waals surface area (Å²) >= 11 is 0. The number of hydrogen-bond acceptors (Lipinski definition) is 5. The van der Waals surface area contributed by atoms with Gasteiger partial charge in [0, 0.05) is 36.4 Å². The van der Waals surface area contributed by atoms with Crippen molar-refractivity contribution in [1.29, 1.82) is 0 Å². The van der Waals surface area contributed by atoms with Crippen molar-refractivity contribution in [1.82, 2.24) is 5.32 Å². The Morgan fingerprint density at radius 3 is 2.74 bits per heavy atom. The molecule has 0 aromatic heterocycles. The third-order valence-electron chi connectivity index (χ3n) is 11.7. The van der Waals surface area contributed by atoms with Crippen molar-refractivity contribution in [2.24, 2.45) is 41.2 Å². The van der Waals surface area contributed by atoms with Gasteiger partial charge in [0.25, 0.3) is 0 Å². The molecule has 204 valence electrons. The summed E-state index contributed by atoms with van der Waals surface area (Å²) in [5, 5.41) is 24.7. The molecule has 10 atom stereocenters. The maximum absolute atomic E-state index is 10.7. The second-order valence-corrected chi connectivity index (χ2v) is 13.9. The van der Waals surface area contributed by atoms with Gasteiger partial charge in [0.1, 0.15) is 5.75 Å². The zero-order valence-corrected chi connectivity index (χ0v) is 23.2. The first kappa shape index (κ1) is 25.1. The number of fused-ring (bicyclic) bond motifs is 1. The number of hydrogen-bond donors (Lipinski definition) is 4. The van der Waals surface area contributed by atoms with Crippen molar-refractivity contribution in [3.8, 4) is 17.6 Å². The molecular formula is C33H44N2O3. The SMILES string of the molecule is CNCc1cc(O)cc2c1[C@H]1C=C[C@H]2C#C[C@@H]2[C@@]3(C[C@@H]4CC[C@@H](CO)[C@@]2(N)[C@@H]4C(C)(C)O3)[C@@H]2CCC[C@H]1C2. The zero-order chi connectivity index (χ0) is 26.4. The monoisotopic (exact) mass is 516 g/mol. The summed E-state index contributed by atoms with van der Waals surface area (Å²) in [6, 6.07) is 3.90. The van der Waals surface area contributed by atoms with E-state index in [0.717, 1.165) is 44.2 Å². The number of aliphatic hydroxyl groups excluding tert-OH is 1. The van der Waals surface area contributed by atoms with E-state index in [1.54, 1.807) is 0 Å². The quantitative estimate of drug-likeness (QED) is 0.349. The van der Waals surface area contributed by atoms with Crippen LogP contribution < -0.4 is 11.1 Å². The van der Waals surface area contributed by atoms with Gasteiger partial charge in [-0.05, 0) is 106 Å². The minimum absolute atomic E-state index is 0.0425. The number of ether oxygens (including phenoxy) is 1. The van der Waals surface area contributed by atoms with E-state index in [2.05, 4.69) is 43.2 Å². The fourth-order valence-corrected chi connectivity index (χ4v) is 10.7. The lowest BCUT2D eigenvalue weighted by Gasteiger charge is -2.73. The van der Waals surface area contributed by atoms with E-state index in [9.17, 15) is 10.2 Å². The fourth-order valence-electron chi connectivity index (χ4n) is 10.7. The predicted molar refractivity (Wildman–Crippen MR) is 148 cm³/mol. The molecular weight excluding hydrogens is 472 g/mol. The largest absolute Gasteiger partial charge is 0.508 e. The van der Waals surface area contributed by atoms with E-state index in [1.165, 1.54) is 24.0 Å². The fraction of sp³-hybridized carbons (Fsp3) is 0.697. The molecule has 8 bridgehead atoms. The van der Waals surface area contributed by atoms with E-state index in [0.29, 0.717) is 29.4 Å². The smallest absolute Gasteiger partial charge is 0.116 e. The molecule has 5 N–H and O–H groups in total. The highest BCUT2D eigenvalue weighted by Crippen LogP contribution is 2.68. The molecule has 1 spiro atoms. The zero-order valence-electron chi connectivity index (χ0n) is 23.2. The van der Waals surface area contributed by atoms with Gasteiger partial charge in [-0.25, -0.2) is 0 Å². The minimum Gasteiger partial charge on any atom is -0.508 e. The van der Waals surface area contributed by atoms with Gasteiger partial charge >= 0.3 is 0 Å². The summed E-state index contributed by atoms with van der Waals surface area (Å²) in [7, 11) is 1.97. The first-order valence-corrected chi connectivity index (χ1v) is 15.0. The summed E-state index contributed by atoms with van der Waals surface area (Å²) < 4.78 is 7.33. The Kier molecular flexibility index (Phi) is 5.68. The average Bonchev–Trinajstić information content (AvgIpc) is 2.89. The second kappa shape index (κ2) is 8.58. The van der Waals surface area contributed by atoms with Crippen LogP contribution in [0.1, 0.15) is 87.3 Å². The van der Waals surface area contributed by atoms with Gasteiger partial charge in [0.05, 0.1) is 23.0 Å². The van der Waals surface area contributed by atoms with Gasteiger partial charge in [-0.3, -0.25) is 0 Å². The number of aromatic hydroxyl groups is 1. The van der Waals surface area contributed by atoms with Crippen molar-refractivity contribution < 1.29 is 14.9 Å². The molecule has 3 saturated carbocycles. The molecule has 9 rings (SSSR count). The number of nitrogens with two attached hydrogens (primary N) is 1. The van der Waals surface area contributed by atoms with E-state index in [-0.39, 0.29) is 41.5 Å². The Morgan fingerprint density at radius 2 is 1.95 bits per heavy atom. The third kappa shape index (κ3) is 3.27. The van der Waals surface area contributed by atoms with Crippen LogP contribution in [0, 0.1) is 47.3 Å². The first-order chi connectivity index (χ1) is 18.2. The van der Waals surface area contributed by atoms with Gasteiger partial charge in [0.15, 0.2) is 0 Å². The van der Waals surface area contributed by atoms with Crippen LogP contribution in [0.25, 0.3) is 0 Å². The van der Waals surface area contributed by atoms with E-state index >= 15 is 0 Å². The Labute approximate surface area is 227 Å². The standard InChI is InChI=1S/C33H44N2O3/c1-31(2)30-21-7-10-24(18-36)33(30,34)28-12-9-19-8-11-26(29-22(17-35-3)14-25(37)15-27(19)29)20-5-4-6-23(13-20)32(28,16-21)38-31/h8,11,14-15,19-21,23-24,26,28,30,35-37H,4-7,10,13,16-18,34H2,1-3H3/t19-,20-,21-,23+,24-,26-,28+,30-,32+,33-/m0/s1. The van der Waals surface area contributed by atoms with Gasteiger partial charge in [0.2, 0.25) is 0 Å². The molecule has 6 aliphatic carbocycles. The molecule has 5 nitrogen and oxygen atoms in total. The molecule has 5 fully saturated rings. The molecule has 0 unspecified atom stereocenters. The molecule has 1 aromatic carbocycles. The number of aliphatic hydroxyl groups is 1. The molecule has 2 aliphatic heterocycles. The van der Waals surface area contributed by atoms with Crippen LogP contribution in [0.5, 0.6) is 5.75 Å². The maximum atomic E-state index is 10.7. The Balaban J connectivity index is 1.46. The number of allylic oxidation sites excluding steroid dienone is 2. The second-order valence-electron chi connectivity index (χ2n) is 13.9. The van der Waals surface area contributed by atoms with Gasteiger partial charge in [-0.1, -0.05) is 30.4 Å². The van der Waals surface area contributed by atoms with Crippen molar-refractivity contribution in [3.05, 3.63) is 41.0 Å². The molecule has 38 heavy (non-hydrogen) atoms. The van der Waals surface area contributed by atoms with Crippen LogP contribution in [0.15, 0.2) is 24.3 Å². The Morgan fingerprint density at radius 1 is 1.11 bits per heavy atom. The summed E-state index contributed by atoms with van der Waals surface area (Å²) in [5.41, 5.74) is 10.1. The van der Waals surface area contributed by atoms with Gasteiger partial charge < -0.3 is 26.0 Å². The lowest BCUT2D eigenvalue weighted by atomic mass is 9.40. The van der Waals surface area contributed by atoms with Crippen molar-refractivity contribution >= 4 is 0 Å². The highest BCUT2D eigenvalue weighted by molar-refractivity contribution is 5.54. The molecule has 8 aliphatic rings. The first-order valence-electron chi connectivity index (χ1n) is 15.0. The van der Waals surface area contributed by atoms with E-state index in [4.69, 9.17) is 10.5 Å². The molecule has 1 aromatic rings. The third-order valence-corrected chi connectivity index (χ3v) is 11.7. The van der Waals surface area contributed by atoms with Crippen LogP contribution in [0.2, 0.25) is 0 Å². The number of rotatable bonds is 3. The van der Waals surface area contributed by atoms with Crippen LogP contribution in [0.3, 0.4) is 0 Å². The highest BCUT2D eigenvalue weighted by atomic mass is 16.5. The van der Waals surface area contributed by atoms with Crippen LogP contribution in [0.4, 0.5) is 0 Å². The predicted octanol–water partition coefficient (Wildman–Crippen LogP) is 4.57. The Hall–Kier alpha value is -1.84. The topological polar surface area (TPSA) is 87.7 Å². The van der Waals surface area contributed by atoms with Gasteiger partial charge in [-0.15, -0.1) is 0 Å². The van der Waals surface area contributed by atoms with Crippen molar-refractivity contribution in [3.63, 3.8) is 0 Å². The lowest BCUT2D eigenvalue weighted by Crippen LogP contribution is -2.82. The molecule has 0 amide bonds. The summed E-state index contributed by atoms with van der Waals surface area (Å²) in [5.74, 6) is 9.67. The lowest BCUT2D eigenvalue weighted by molar-refractivity contribution is -0.339. The average molecular weight is 517 g/mol. The molecule has 2 saturated heterocycles. The van der Waals surface area contributed by atoms with Crippen LogP contribution in [-0.2, 0) is 11.3 Å². The molecule has 2 heterocycles. The normalized spacial score (nSPS) is 45.4. The summed E-state index contributed by atoms with van der Waals surface area (Å²) in [4.78, 5) is 0. The highest BCUT2D eigenvalue weighted by Gasteiger charge is 2.74. The molecule has 5 heteroatoms. The van der Waals surface area contributed by atoms with Crippen LogP contribution >= 0.6 is 0 Å². The minimum atomic E-state index is -0.563. The summed E-state index contributed by atoms with van der Waals surface area (Å²) in [6.07, 6.45) is 12.5. The number of nitrogens with one attached hydrogen (secondary N) is 1. The summed E-state index contributed by atoms with van der Waals surface area (Å²) in [6.45, 7) is 5.37. The van der Waals surface area contributed by atoms with Crippen molar-refractivity contribution in [2.75, 3.05) is 13.7 Å². The number of phenolic OH excluding ortho intramolecular Hbond substituents is 1. The number of benzene rings is 1. The number of phenols is 1. The van der Waals surface area contributed by atoms with E-state index in [1.807, 2.05) is 19.2 Å². The maximum Gasteiger partial charge on any atom is 0.116 e. The Bertz CT molecular complexity index is 1230. The van der Waals surface area contributed by atoms with E-state index < -0.39 is 5.54 Å².